The average molecular weight is 282 g/mol. The van der Waals surface area contributed by atoms with Crippen molar-refractivity contribution in [2.24, 2.45) is 11.8 Å². The number of likely N-dealkylation sites (tertiary alicyclic amines) is 1. The molecule has 2 heteroatoms. The van der Waals surface area contributed by atoms with Crippen molar-refractivity contribution in [3.05, 3.63) is 0 Å². The minimum absolute atomic E-state index is 0.722. The second-order valence-corrected chi connectivity index (χ2v) is 7.02. The molecular formula is C17H31NS. The van der Waals surface area contributed by atoms with Gasteiger partial charge >= 0.3 is 0 Å². The van der Waals surface area contributed by atoms with Crippen molar-refractivity contribution >= 4 is 17.2 Å². The Labute approximate surface area is 125 Å². The zero-order valence-corrected chi connectivity index (χ0v) is 13.5. The van der Waals surface area contributed by atoms with Crippen molar-refractivity contribution in [2.75, 3.05) is 13.1 Å². The summed E-state index contributed by atoms with van der Waals surface area (Å²) in [5, 5.41) is 0. The highest BCUT2D eigenvalue weighted by molar-refractivity contribution is 7.80. The SMILES string of the molecule is CCCCC1CCCC(C(=S)N2CCCCC2)CC1. The topological polar surface area (TPSA) is 3.24 Å². The third-order valence-corrected chi connectivity index (χ3v) is 5.66. The van der Waals surface area contributed by atoms with Crippen LogP contribution < -0.4 is 0 Å². The smallest absolute Gasteiger partial charge is 0.0810 e. The van der Waals surface area contributed by atoms with Crippen LogP contribution in [0.1, 0.15) is 77.6 Å². The van der Waals surface area contributed by atoms with Crippen LogP contribution in [0.4, 0.5) is 0 Å². The maximum absolute atomic E-state index is 5.81. The molecule has 2 unspecified atom stereocenters. The van der Waals surface area contributed by atoms with E-state index in [-0.39, 0.29) is 0 Å². The maximum Gasteiger partial charge on any atom is 0.0810 e. The Morgan fingerprint density at radius 2 is 1.79 bits per heavy atom. The second kappa shape index (κ2) is 8.24. The molecule has 0 aromatic heterocycles. The lowest BCUT2D eigenvalue weighted by molar-refractivity contribution is 0.326. The van der Waals surface area contributed by atoms with Crippen molar-refractivity contribution in [1.29, 1.82) is 0 Å². The first-order valence-electron chi connectivity index (χ1n) is 8.60. The fourth-order valence-electron chi connectivity index (χ4n) is 3.78. The molecule has 0 amide bonds. The lowest BCUT2D eigenvalue weighted by atomic mass is 9.93. The van der Waals surface area contributed by atoms with Crippen LogP contribution in [0.25, 0.3) is 0 Å². The van der Waals surface area contributed by atoms with Gasteiger partial charge in [-0.15, -0.1) is 0 Å². The lowest BCUT2D eigenvalue weighted by Crippen LogP contribution is -2.38. The minimum Gasteiger partial charge on any atom is -0.366 e. The molecule has 1 heterocycles. The molecule has 0 bridgehead atoms. The number of unbranched alkanes of at least 4 members (excludes halogenated alkanes) is 1. The fourth-order valence-corrected chi connectivity index (χ4v) is 4.20. The Kier molecular flexibility index (Phi) is 6.63. The van der Waals surface area contributed by atoms with E-state index in [1.165, 1.54) is 88.7 Å². The van der Waals surface area contributed by atoms with Gasteiger partial charge in [0.2, 0.25) is 0 Å². The van der Waals surface area contributed by atoms with Crippen LogP contribution in [0.5, 0.6) is 0 Å². The summed E-state index contributed by atoms with van der Waals surface area (Å²) >= 11 is 5.81. The third-order valence-electron chi connectivity index (χ3n) is 5.07. The van der Waals surface area contributed by atoms with Crippen LogP contribution in [0.15, 0.2) is 0 Å². The first kappa shape index (κ1) is 15.3. The zero-order valence-electron chi connectivity index (χ0n) is 12.7. The van der Waals surface area contributed by atoms with E-state index in [1.54, 1.807) is 0 Å². The van der Waals surface area contributed by atoms with E-state index in [9.17, 15) is 0 Å². The van der Waals surface area contributed by atoms with E-state index in [1.807, 2.05) is 0 Å². The van der Waals surface area contributed by atoms with Gasteiger partial charge in [0, 0.05) is 19.0 Å². The zero-order chi connectivity index (χ0) is 13.5. The largest absolute Gasteiger partial charge is 0.366 e. The van der Waals surface area contributed by atoms with Crippen LogP contribution in [-0.4, -0.2) is 23.0 Å². The van der Waals surface area contributed by atoms with Crippen LogP contribution in [-0.2, 0) is 0 Å². The van der Waals surface area contributed by atoms with Gasteiger partial charge in [0.25, 0.3) is 0 Å². The highest BCUT2D eigenvalue weighted by atomic mass is 32.1. The molecule has 1 aliphatic heterocycles. The van der Waals surface area contributed by atoms with Gasteiger partial charge in [0.1, 0.15) is 0 Å². The third kappa shape index (κ3) is 4.73. The quantitative estimate of drug-likeness (QED) is 0.515. The Morgan fingerprint density at radius 1 is 1.00 bits per heavy atom. The molecule has 19 heavy (non-hydrogen) atoms. The van der Waals surface area contributed by atoms with Gasteiger partial charge in [0.15, 0.2) is 0 Å². The molecule has 1 saturated carbocycles. The Hall–Kier alpha value is -0.110. The van der Waals surface area contributed by atoms with Gasteiger partial charge in [-0.25, -0.2) is 0 Å². The van der Waals surface area contributed by atoms with Crippen molar-refractivity contribution < 1.29 is 0 Å². The Morgan fingerprint density at radius 3 is 2.53 bits per heavy atom. The molecule has 2 aliphatic rings. The summed E-state index contributed by atoms with van der Waals surface area (Å²) in [5.41, 5.74) is 0. The lowest BCUT2D eigenvalue weighted by Gasteiger charge is -2.33. The summed E-state index contributed by atoms with van der Waals surface area (Å²) in [4.78, 5) is 3.84. The number of nitrogens with zero attached hydrogens (tertiary/aromatic N) is 1. The first-order valence-corrected chi connectivity index (χ1v) is 9.01. The molecule has 0 aromatic rings. The van der Waals surface area contributed by atoms with E-state index in [4.69, 9.17) is 12.2 Å². The standard InChI is InChI=1S/C17H31NS/c1-2-3-8-15-9-7-10-16(12-11-15)17(19)18-13-5-4-6-14-18/h15-16H,2-14H2,1H3. The van der Waals surface area contributed by atoms with E-state index >= 15 is 0 Å². The number of thiocarbonyl (C=S) groups is 1. The molecule has 0 spiro atoms. The number of piperidine rings is 1. The molecule has 0 N–H and O–H groups in total. The van der Waals surface area contributed by atoms with Crippen molar-refractivity contribution in [1.82, 2.24) is 4.90 Å². The normalized spacial score (nSPS) is 29.0. The Bertz CT molecular complexity index is 270. The van der Waals surface area contributed by atoms with Crippen LogP contribution >= 0.6 is 12.2 Å². The highest BCUT2D eigenvalue weighted by Gasteiger charge is 2.25. The first-order chi connectivity index (χ1) is 9.31. The van der Waals surface area contributed by atoms with Crippen LogP contribution in [0.3, 0.4) is 0 Å². The molecule has 1 nitrogen and oxygen atoms in total. The summed E-state index contributed by atoms with van der Waals surface area (Å²) in [5.74, 6) is 1.72. The summed E-state index contributed by atoms with van der Waals surface area (Å²) in [6.07, 6.45) is 15.4. The molecule has 0 radical (unpaired) electrons. The molecule has 110 valence electrons. The minimum atomic E-state index is 0.722. The highest BCUT2D eigenvalue weighted by Crippen LogP contribution is 2.32. The summed E-state index contributed by atoms with van der Waals surface area (Å²) in [7, 11) is 0. The second-order valence-electron chi connectivity index (χ2n) is 6.60. The van der Waals surface area contributed by atoms with Gasteiger partial charge < -0.3 is 4.90 Å². The molecule has 1 aliphatic carbocycles. The fraction of sp³-hybridized carbons (Fsp3) is 0.941. The summed E-state index contributed by atoms with van der Waals surface area (Å²) in [6.45, 7) is 4.77. The summed E-state index contributed by atoms with van der Waals surface area (Å²) < 4.78 is 0. The van der Waals surface area contributed by atoms with Crippen LogP contribution in [0.2, 0.25) is 0 Å². The predicted molar refractivity (Wildman–Crippen MR) is 87.6 cm³/mol. The monoisotopic (exact) mass is 281 g/mol. The van der Waals surface area contributed by atoms with E-state index in [0.717, 1.165) is 11.8 Å². The molecular weight excluding hydrogens is 250 g/mol. The van der Waals surface area contributed by atoms with E-state index in [2.05, 4.69) is 11.8 Å². The van der Waals surface area contributed by atoms with Crippen molar-refractivity contribution in [2.45, 2.75) is 77.6 Å². The Balaban J connectivity index is 1.79. The number of rotatable bonds is 4. The van der Waals surface area contributed by atoms with Gasteiger partial charge in [-0.2, -0.15) is 0 Å². The van der Waals surface area contributed by atoms with E-state index in [0.29, 0.717) is 0 Å². The van der Waals surface area contributed by atoms with E-state index < -0.39 is 0 Å². The van der Waals surface area contributed by atoms with Gasteiger partial charge in [-0.1, -0.05) is 51.2 Å². The van der Waals surface area contributed by atoms with Crippen molar-refractivity contribution in [3.8, 4) is 0 Å². The van der Waals surface area contributed by atoms with Gasteiger partial charge in [0.05, 0.1) is 4.99 Å². The maximum atomic E-state index is 5.81. The molecule has 1 saturated heterocycles. The molecule has 2 rings (SSSR count). The number of hydrogen-bond donors (Lipinski definition) is 0. The van der Waals surface area contributed by atoms with Gasteiger partial charge in [-0.05, 0) is 44.4 Å². The molecule has 2 atom stereocenters. The molecule has 2 fully saturated rings. The van der Waals surface area contributed by atoms with Gasteiger partial charge in [-0.3, -0.25) is 0 Å². The van der Waals surface area contributed by atoms with Crippen molar-refractivity contribution in [3.63, 3.8) is 0 Å². The number of hydrogen-bond acceptors (Lipinski definition) is 1. The molecule has 0 aromatic carbocycles. The summed E-state index contributed by atoms with van der Waals surface area (Å²) in [6, 6.07) is 0. The van der Waals surface area contributed by atoms with Crippen LogP contribution in [0, 0.1) is 11.8 Å². The average Bonchev–Trinajstić information content (AvgIpc) is 2.71. The predicted octanol–water partition coefficient (Wildman–Crippen LogP) is 5.19.